The molecule has 1 atom stereocenters. The third-order valence-electron chi connectivity index (χ3n) is 4.47. The maximum absolute atomic E-state index is 12.1. The Morgan fingerprint density at radius 2 is 2.19 bits per heavy atom. The van der Waals surface area contributed by atoms with Crippen molar-refractivity contribution in [2.24, 2.45) is 4.99 Å². The smallest absolute Gasteiger partial charge is 0.253 e. The highest BCUT2D eigenvalue weighted by Crippen LogP contribution is 2.21. The third-order valence-corrected chi connectivity index (χ3v) is 5.84. The minimum absolute atomic E-state index is 0.0418. The van der Waals surface area contributed by atoms with Crippen LogP contribution in [0.15, 0.2) is 29.3 Å². The molecule has 1 amide bonds. The molecule has 0 aliphatic carbocycles. The standard InChI is InChI=1S/C20H32N4OS/c1-5-18-15-24(12-13-26-18)20(21-6-2)22-11-10-16-8-7-9-17(14-16)19(25)23(3)4/h7-9,14,18H,5-6,10-13,15H2,1-4H3,(H,21,22). The molecule has 0 aromatic heterocycles. The number of nitrogens with zero attached hydrogens (tertiary/aromatic N) is 3. The quantitative estimate of drug-likeness (QED) is 0.613. The maximum Gasteiger partial charge on any atom is 0.253 e. The Balaban J connectivity index is 1.99. The number of benzene rings is 1. The van der Waals surface area contributed by atoms with Crippen molar-refractivity contribution in [1.29, 1.82) is 0 Å². The highest BCUT2D eigenvalue weighted by molar-refractivity contribution is 8.00. The van der Waals surface area contributed by atoms with Gasteiger partial charge in [-0.2, -0.15) is 11.8 Å². The van der Waals surface area contributed by atoms with Crippen LogP contribution in [0.3, 0.4) is 0 Å². The van der Waals surface area contributed by atoms with Crippen molar-refractivity contribution in [3.05, 3.63) is 35.4 Å². The molecule has 1 fully saturated rings. The second-order valence-corrected chi connectivity index (χ2v) is 8.14. The number of thioether (sulfide) groups is 1. The summed E-state index contributed by atoms with van der Waals surface area (Å²) in [6.45, 7) is 8.10. The first-order chi connectivity index (χ1) is 12.5. The lowest BCUT2D eigenvalue weighted by molar-refractivity contribution is 0.0827. The monoisotopic (exact) mass is 376 g/mol. The van der Waals surface area contributed by atoms with Crippen LogP contribution in [-0.2, 0) is 6.42 Å². The molecular formula is C20H32N4OS. The molecule has 6 heteroatoms. The summed E-state index contributed by atoms with van der Waals surface area (Å²) in [5.74, 6) is 2.23. The molecule has 1 heterocycles. The number of amides is 1. The van der Waals surface area contributed by atoms with Gasteiger partial charge in [0.1, 0.15) is 0 Å². The largest absolute Gasteiger partial charge is 0.357 e. The van der Waals surface area contributed by atoms with Crippen LogP contribution in [0.25, 0.3) is 0 Å². The zero-order valence-corrected chi connectivity index (χ0v) is 17.3. The predicted octanol–water partition coefficient (Wildman–Crippen LogP) is 2.72. The molecule has 2 rings (SSSR count). The Hall–Kier alpha value is -1.69. The lowest BCUT2D eigenvalue weighted by Gasteiger charge is -2.34. The Morgan fingerprint density at radius 3 is 2.88 bits per heavy atom. The van der Waals surface area contributed by atoms with Crippen molar-refractivity contribution in [2.75, 3.05) is 46.0 Å². The minimum Gasteiger partial charge on any atom is -0.357 e. The molecule has 0 radical (unpaired) electrons. The zero-order chi connectivity index (χ0) is 18.9. The van der Waals surface area contributed by atoms with Gasteiger partial charge in [0.2, 0.25) is 0 Å². The van der Waals surface area contributed by atoms with Crippen molar-refractivity contribution < 1.29 is 4.79 Å². The number of hydrogen-bond donors (Lipinski definition) is 1. The Kier molecular flexibility index (Phi) is 8.29. The lowest BCUT2D eigenvalue weighted by Crippen LogP contribution is -2.48. The molecule has 144 valence electrons. The fourth-order valence-electron chi connectivity index (χ4n) is 2.99. The van der Waals surface area contributed by atoms with Gasteiger partial charge in [0.05, 0.1) is 0 Å². The molecule has 1 N–H and O–H groups in total. The molecule has 1 aliphatic heterocycles. The van der Waals surface area contributed by atoms with E-state index in [1.807, 2.05) is 18.2 Å². The van der Waals surface area contributed by atoms with Gasteiger partial charge in [0.25, 0.3) is 5.91 Å². The summed E-state index contributed by atoms with van der Waals surface area (Å²) in [5.41, 5.74) is 1.89. The van der Waals surface area contributed by atoms with Crippen LogP contribution >= 0.6 is 11.8 Å². The van der Waals surface area contributed by atoms with Crippen molar-refractivity contribution in [3.63, 3.8) is 0 Å². The van der Waals surface area contributed by atoms with E-state index in [0.717, 1.165) is 55.4 Å². The van der Waals surface area contributed by atoms with Gasteiger partial charge in [-0.05, 0) is 37.5 Å². The summed E-state index contributed by atoms with van der Waals surface area (Å²) in [5, 5.41) is 4.13. The Morgan fingerprint density at radius 1 is 1.38 bits per heavy atom. The van der Waals surface area contributed by atoms with Gasteiger partial charge in [-0.25, -0.2) is 0 Å². The molecule has 0 saturated carbocycles. The second kappa shape index (κ2) is 10.5. The van der Waals surface area contributed by atoms with Gasteiger partial charge in [0, 0.05) is 56.8 Å². The molecule has 1 aliphatic rings. The highest BCUT2D eigenvalue weighted by Gasteiger charge is 2.21. The molecule has 1 aromatic rings. The number of hydrogen-bond acceptors (Lipinski definition) is 3. The van der Waals surface area contributed by atoms with E-state index in [-0.39, 0.29) is 5.91 Å². The van der Waals surface area contributed by atoms with Crippen molar-refractivity contribution >= 4 is 23.6 Å². The van der Waals surface area contributed by atoms with E-state index < -0.39 is 0 Å². The first-order valence-electron chi connectivity index (χ1n) is 9.50. The van der Waals surface area contributed by atoms with E-state index in [2.05, 4.69) is 41.9 Å². The van der Waals surface area contributed by atoms with Gasteiger partial charge >= 0.3 is 0 Å². The summed E-state index contributed by atoms with van der Waals surface area (Å²) in [4.78, 5) is 20.9. The Labute approximate surface area is 162 Å². The van der Waals surface area contributed by atoms with Crippen molar-refractivity contribution in [1.82, 2.24) is 15.1 Å². The molecule has 1 saturated heterocycles. The number of carbonyl (C=O) groups excluding carboxylic acids is 1. The van der Waals surface area contributed by atoms with Crippen LogP contribution in [0.4, 0.5) is 0 Å². The molecule has 0 spiro atoms. The number of aliphatic imine (C=N–C) groups is 1. The first kappa shape index (κ1) is 20.6. The molecule has 5 nitrogen and oxygen atoms in total. The summed E-state index contributed by atoms with van der Waals surface area (Å²) in [6, 6.07) is 7.87. The first-order valence-corrected chi connectivity index (χ1v) is 10.6. The highest BCUT2D eigenvalue weighted by atomic mass is 32.2. The van der Waals surface area contributed by atoms with Gasteiger partial charge in [-0.3, -0.25) is 9.79 Å². The van der Waals surface area contributed by atoms with E-state index in [1.54, 1.807) is 19.0 Å². The van der Waals surface area contributed by atoms with Gasteiger partial charge in [0.15, 0.2) is 5.96 Å². The summed E-state index contributed by atoms with van der Waals surface area (Å²) >= 11 is 2.07. The minimum atomic E-state index is 0.0418. The zero-order valence-electron chi connectivity index (χ0n) is 16.5. The van der Waals surface area contributed by atoms with E-state index in [4.69, 9.17) is 4.99 Å². The molecule has 26 heavy (non-hydrogen) atoms. The van der Waals surface area contributed by atoms with Gasteiger partial charge in [-0.15, -0.1) is 0 Å². The average Bonchev–Trinajstić information content (AvgIpc) is 2.67. The number of carbonyl (C=O) groups is 1. The van der Waals surface area contributed by atoms with Gasteiger partial charge < -0.3 is 15.1 Å². The second-order valence-electron chi connectivity index (χ2n) is 6.73. The average molecular weight is 377 g/mol. The van der Waals surface area contributed by atoms with Gasteiger partial charge in [-0.1, -0.05) is 19.1 Å². The fourth-order valence-corrected chi connectivity index (χ4v) is 4.17. The topological polar surface area (TPSA) is 47.9 Å². The van der Waals surface area contributed by atoms with E-state index in [0.29, 0.717) is 5.25 Å². The normalized spacial score (nSPS) is 17.9. The molecular weight excluding hydrogens is 344 g/mol. The van der Waals surface area contributed by atoms with Crippen LogP contribution in [0, 0.1) is 0 Å². The summed E-state index contributed by atoms with van der Waals surface area (Å²) in [6.07, 6.45) is 2.04. The van der Waals surface area contributed by atoms with Crippen LogP contribution in [-0.4, -0.2) is 72.9 Å². The Bertz CT molecular complexity index is 618. The van der Waals surface area contributed by atoms with Crippen LogP contribution in [0.2, 0.25) is 0 Å². The number of nitrogens with one attached hydrogen (secondary N) is 1. The predicted molar refractivity (Wildman–Crippen MR) is 112 cm³/mol. The van der Waals surface area contributed by atoms with Crippen molar-refractivity contribution in [3.8, 4) is 0 Å². The van der Waals surface area contributed by atoms with Crippen LogP contribution in [0.1, 0.15) is 36.2 Å². The number of guanidine groups is 1. The summed E-state index contributed by atoms with van der Waals surface area (Å²) < 4.78 is 0. The molecule has 1 unspecified atom stereocenters. The summed E-state index contributed by atoms with van der Waals surface area (Å²) in [7, 11) is 3.56. The lowest BCUT2D eigenvalue weighted by atomic mass is 10.1. The SMILES string of the molecule is CCNC(=NCCc1cccc(C(=O)N(C)C)c1)N1CCSC(CC)C1. The van der Waals surface area contributed by atoms with E-state index in [9.17, 15) is 4.79 Å². The molecule has 1 aromatic carbocycles. The van der Waals surface area contributed by atoms with E-state index >= 15 is 0 Å². The third kappa shape index (κ3) is 5.94. The maximum atomic E-state index is 12.1. The van der Waals surface area contributed by atoms with Crippen molar-refractivity contribution in [2.45, 2.75) is 31.9 Å². The van der Waals surface area contributed by atoms with E-state index in [1.165, 1.54) is 6.42 Å². The molecule has 0 bridgehead atoms. The van der Waals surface area contributed by atoms with Crippen LogP contribution < -0.4 is 5.32 Å². The number of rotatable bonds is 6. The van der Waals surface area contributed by atoms with Crippen LogP contribution in [0.5, 0.6) is 0 Å². The fraction of sp³-hybridized carbons (Fsp3) is 0.600.